The maximum absolute atomic E-state index is 13.5. The third-order valence-corrected chi connectivity index (χ3v) is 7.05. The van der Waals surface area contributed by atoms with Crippen LogP contribution in [0.2, 0.25) is 0 Å². The molecule has 9 heteroatoms. The molecular formula is C26H30N2O6S. The van der Waals surface area contributed by atoms with E-state index in [9.17, 15) is 13.2 Å². The van der Waals surface area contributed by atoms with Gasteiger partial charge in [-0.3, -0.25) is 9.10 Å². The maximum atomic E-state index is 13.5. The number of methoxy groups -OCH3 is 2. The molecule has 3 aromatic carbocycles. The molecule has 0 aliphatic rings. The molecule has 0 aliphatic heterocycles. The fourth-order valence-corrected chi connectivity index (χ4v) is 4.87. The van der Waals surface area contributed by atoms with Crippen LogP contribution in [0.5, 0.6) is 17.2 Å². The molecule has 0 aromatic heterocycles. The van der Waals surface area contributed by atoms with E-state index in [0.29, 0.717) is 11.5 Å². The molecule has 3 rings (SSSR count). The Balaban J connectivity index is 1.81. The lowest BCUT2D eigenvalue weighted by Crippen LogP contribution is -2.45. The molecule has 0 heterocycles. The summed E-state index contributed by atoms with van der Waals surface area (Å²) < 4.78 is 44.5. The average molecular weight is 499 g/mol. The first-order chi connectivity index (χ1) is 16.8. The number of nitrogens with zero attached hydrogens (tertiary/aromatic N) is 1. The quantitative estimate of drug-likeness (QED) is 0.432. The molecule has 0 bridgehead atoms. The third-order valence-electron chi connectivity index (χ3n) is 5.26. The molecule has 186 valence electrons. The van der Waals surface area contributed by atoms with Crippen LogP contribution >= 0.6 is 0 Å². The van der Waals surface area contributed by atoms with Crippen LogP contribution in [0.15, 0.2) is 77.7 Å². The fraction of sp³-hybridized carbons (Fsp3) is 0.269. The predicted octanol–water partition coefficient (Wildman–Crippen LogP) is 3.79. The van der Waals surface area contributed by atoms with E-state index in [-0.39, 0.29) is 23.2 Å². The molecule has 1 amide bonds. The van der Waals surface area contributed by atoms with Gasteiger partial charge in [0.1, 0.15) is 18.9 Å². The summed E-state index contributed by atoms with van der Waals surface area (Å²) in [7, 11) is -1.10. The summed E-state index contributed by atoms with van der Waals surface area (Å²) in [6.07, 6.45) is 0. The number of aryl methyl sites for hydroxylation is 1. The number of hydrogen-bond donors (Lipinski definition) is 1. The van der Waals surface area contributed by atoms with Crippen LogP contribution in [0.4, 0.5) is 5.69 Å². The van der Waals surface area contributed by atoms with Crippen molar-refractivity contribution in [3.63, 3.8) is 0 Å². The largest absolute Gasteiger partial charge is 0.493 e. The Morgan fingerprint density at radius 2 is 1.57 bits per heavy atom. The third kappa shape index (κ3) is 6.45. The highest BCUT2D eigenvalue weighted by Gasteiger charge is 2.28. The van der Waals surface area contributed by atoms with Gasteiger partial charge in [-0.05, 0) is 49.7 Å². The van der Waals surface area contributed by atoms with E-state index in [2.05, 4.69) is 5.32 Å². The minimum absolute atomic E-state index is 0.0681. The first-order valence-electron chi connectivity index (χ1n) is 11.0. The van der Waals surface area contributed by atoms with E-state index >= 15 is 0 Å². The topological polar surface area (TPSA) is 94.2 Å². The number of anilines is 1. The molecule has 1 N–H and O–H groups in total. The van der Waals surface area contributed by atoms with Crippen molar-refractivity contribution in [3.8, 4) is 17.2 Å². The number of hydrogen-bond acceptors (Lipinski definition) is 6. The smallest absolute Gasteiger partial charge is 0.264 e. The van der Waals surface area contributed by atoms with Crippen LogP contribution in [0.1, 0.15) is 12.5 Å². The zero-order valence-electron chi connectivity index (χ0n) is 20.2. The normalized spacial score (nSPS) is 11.9. The van der Waals surface area contributed by atoms with Crippen LogP contribution < -0.4 is 23.8 Å². The zero-order valence-corrected chi connectivity index (χ0v) is 21.0. The van der Waals surface area contributed by atoms with E-state index in [0.717, 1.165) is 15.6 Å². The summed E-state index contributed by atoms with van der Waals surface area (Å²) in [5, 5.41) is 2.82. The van der Waals surface area contributed by atoms with Gasteiger partial charge in [-0.15, -0.1) is 0 Å². The van der Waals surface area contributed by atoms with Crippen molar-refractivity contribution in [3.05, 3.63) is 78.4 Å². The number of sulfonamides is 1. The number of nitrogens with one attached hydrogen (secondary N) is 1. The molecule has 8 nitrogen and oxygen atoms in total. The van der Waals surface area contributed by atoms with Gasteiger partial charge in [-0.1, -0.05) is 36.4 Å². The van der Waals surface area contributed by atoms with E-state index in [4.69, 9.17) is 14.2 Å². The van der Waals surface area contributed by atoms with Crippen molar-refractivity contribution in [1.82, 2.24) is 5.32 Å². The Hall–Kier alpha value is -3.72. The fourth-order valence-electron chi connectivity index (χ4n) is 3.44. The minimum atomic E-state index is -4.05. The minimum Gasteiger partial charge on any atom is -0.493 e. The van der Waals surface area contributed by atoms with Crippen molar-refractivity contribution in [2.75, 3.05) is 31.7 Å². The van der Waals surface area contributed by atoms with Gasteiger partial charge in [0.05, 0.1) is 30.8 Å². The molecule has 1 unspecified atom stereocenters. The van der Waals surface area contributed by atoms with Crippen LogP contribution in [-0.4, -0.2) is 47.7 Å². The summed E-state index contributed by atoms with van der Waals surface area (Å²) in [5.74, 6) is 1.05. The first kappa shape index (κ1) is 25.9. The predicted molar refractivity (Wildman–Crippen MR) is 135 cm³/mol. The van der Waals surface area contributed by atoms with Crippen molar-refractivity contribution < 1.29 is 27.4 Å². The number of carbonyl (C=O) groups is 1. The van der Waals surface area contributed by atoms with E-state index in [1.165, 1.54) is 32.4 Å². The number of benzene rings is 3. The van der Waals surface area contributed by atoms with E-state index < -0.39 is 22.5 Å². The summed E-state index contributed by atoms with van der Waals surface area (Å²) in [5.41, 5.74) is 1.25. The Bertz CT molecular complexity index is 1250. The van der Waals surface area contributed by atoms with Gasteiger partial charge >= 0.3 is 0 Å². The van der Waals surface area contributed by atoms with Gasteiger partial charge < -0.3 is 19.5 Å². The highest BCUT2D eigenvalue weighted by atomic mass is 32.2. The molecule has 35 heavy (non-hydrogen) atoms. The monoisotopic (exact) mass is 498 g/mol. The van der Waals surface area contributed by atoms with Crippen LogP contribution in [0.25, 0.3) is 0 Å². The Morgan fingerprint density at radius 3 is 2.23 bits per heavy atom. The molecule has 0 aliphatic carbocycles. The molecule has 0 saturated heterocycles. The molecule has 0 saturated carbocycles. The van der Waals surface area contributed by atoms with Gasteiger partial charge in [0.2, 0.25) is 5.91 Å². The van der Waals surface area contributed by atoms with Gasteiger partial charge in [-0.25, -0.2) is 8.42 Å². The second-order valence-electron chi connectivity index (χ2n) is 7.91. The lowest BCUT2D eigenvalue weighted by Gasteiger charge is -2.26. The lowest BCUT2D eigenvalue weighted by atomic mass is 10.2. The van der Waals surface area contributed by atoms with E-state index in [1.807, 2.05) is 31.2 Å². The Labute approximate surface area is 206 Å². The number of ether oxygens (including phenoxy) is 3. The Morgan fingerprint density at radius 1 is 0.914 bits per heavy atom. The number of carbonyl (C=O) groups excluding carboxylic acids is 1. The highest BCUT2D eigenvalue weighted by Crippen LogP contribution is 2.33. The van der Waals surface area contributed by atoms with Crippen molar-refractivity contribution in [1.29, 1.82) is 0 Å². The zero-order chi connectivity index (χ0) is 25.4. The number of para-hydroxylation sites is 1. The molecule has 1 atom stereocenters. The standard InChI is InChI=1S/C26H30N2O6S/c1-19-10-8-9-13-23(19)34-18-20(2)27-26(29)17-28(35(30,31)22-11-6-5-7-12-22)21-14-15-24(32-3)25(16-21)33-4/h5-16,20H,17-18H2,1-4H3,(H,27,29). The number of rotatable bonds is 11. The summed E-state index contributed by atoms with van der Waals surface area (Å²) in [6, 6.07) is 19.9. The highest BCUT2D eigenvalue weighted by molar-refractivity contribution is 7.92. The first-order valence-corrected chi connectivity index (χ1v) is 12.5. The maximum Gasteiger partial charge on any atom is 0.264 e. The van der Waals surface area contributed by atoms with Crippen molar-refractivity contribution >= 4 is 21.6 Å². The second-order valence-corrected chi connectivity index (χ2v) is 9.77. The van der Waals surface area contributed by atoms with Gasteiger partial charge in [-0.2, -0.15) is 0 Å². The summed E-state index contributed by atoms with van der Waals surface area (Å²) >= 11 is 0. The lowest BCUT2D eigenvalue weighted by molar-refractivity contribution is -0.120. The van der Waals surface area contributed by atoms with Gasteiger partial charge in [0.25, 0.3) is 10.0 Å². The van der Waals surface area contributed by atoms with Crippen LogP contribution in [0, 0.1) is 6.92 Å². The molecule has 0 spiro atoms. The van der Waals surface area contributed by atoms with Gasteiger partial charge in [0.15, 0.2) is 11.5 Å². The van der Waals surface area contributed by atoms with Crippen molar-refractivity contribution in [2.24, 2.45) is 0 Å². The summed E-state index contributed by atoms with van der Waals surface area (Å²) in [6.45, 7) is 3.54. The van der Waals surface area contributed by atoms with Crippen LogP contribution in [0.3, 0.4) is 0 Å². The molecule has 0 fully saturated rings. The SMILES string of the molecule is COc1ccc(N(CC(=O)NC(C)COc2ccccc2C)S(=O)(=O)c2ccccc2)cc1OC. The Kier molecular flexibility index (Phi) is 8.59. The summed E-state index contributed by atoms with van der Waals surface area (Å²) in [4.78, 5) is 13.0. The molecule has 3 aromatic rings. The average Bonchev–Trinajstić information content (AvgIpc) is 2.86. The number of amides is 1. The second kappa shape index (κ2) is 11.6. The van der Waals surface area contributed by atoms with Gasteiger partial charge in [0, 0.05) is 6.07 Å². The van der Waals surface area contributed by atoms with Crippen LogP contribution in [-0.2, 0) is 14.8 Å². The molecular weight excluding hydrogens is 468 g/mol. The van der Waals surface area contributed by atoms with Crippen molar-refractivity contribution in [2.45, 2.75) is 24.8 Å². The molecule has 0 radical (unpaired) electrons. The van der Waals surface area contributed by atoms with E-state index in [1.54, 1.807) is 37.3 Å².